The number of methoxy groups -OCH3 is 1. The number of esters is 1. The van der Waals surface area contributed by atoms with E-state index in [2.05, 4.69) is 5.32 Å². The Morgan fingerprint density at radius 3 is 2.22 bits per heavy atom. The van der Waals surface area contributed by atoms with E-state index >= 15 is 0 Å². The van der Waals surface area contributed by atoms with Gasteiger partial charge >= 0.3 is 5.97 Å². The molecule has 0 fully saturated rings. The molecule has 0 bridgehead atoms. The molecule has 1 atom stereocenters. The van der Waals surface area contributed by atoms with E-state index in [0.717, 1.165) is 16.7 Å². The number of rotatable bonds is 5. The molecule has 2 aromatic carbocycles. The minimum Gasteiger partial charge on any atom is -0.467 e. The van der Waals surface area contributed by atoms with Gasteiger partial charge in [0.1, 0.15) is 6.04 Å². The Morgan fingerprint density at radius 1 is 1.04 bits per heavy atom. The summed E-state index contributed by atoms with van der Waals surface area (Å²) in [5.41, 5.74) is 3.52. The van der Waals surface area contributed by atoms with E-state index in [1.54, 1.807) is 12.1 Å². The normalized spacial score (nSPS) is 11.6. The van der Waals surface area contributed by atoms with E-state index < -0.39 is 12.0 Å². The molecule has 1 N–H and O–H groups in total. The first-order valence-electron chi connectivity index (χ1n) is 7.50. The van der Waals surface area contributed by atoms with Crippen molar-refractivity contribution >= 4 is 11.9 Å². The maximum Gasteiger partial charge on any atom is 0.328 e. The zero-order valence-electron chi connectivity index (χ0n) is 13.6. The van der Waals surface area contributed by atoms with Crippen molar-refractivity contribution in [2.75, 3.05) is 7.11 Å². The second-order valence-electron chi connectivity index (χ2n) is 5.62. The number of carbonyl (C=O) groups excluding carboxylic acids is 2. The molecule has 0 aromatic heterocycles. The van der Waals surface area contributed by atoms with E-state index in [4.69, 9.17) is 4.74 Å². The van der Waals surface area contributed by atoms with Gasteiger partial charge in [0.15, 0.2) is 0 Å². The molecule has 1 amide bonds. The number of ether oxygens (including phenoxy) is 1. The molecule has 0 aliphatic rings. The van der Waals surface area contributed by atoms with E-state index in [1.807, 2.05) is 50.2 Å². The summed E-state index contributed by atoms with van der Waals surface area (Å²) < 4.78 is 4.82. The molecule has 0 unspecified atom stereocenters. The third-order valence-corrected chi connectivity index (χ3v) is 3.56. The van der Waals surface area contributed by atoms with Gasteiger partial charge in [-0.2, -0.15) is 0 Å². The van der Waals surface area contributed by atoms with Gasteiger partial charge in [0.05, 0.1) is 7.11 Å². The highest BCUT2D eigenvalue weighted by molar-refractivity contribution is 5.97. The summed E-state index contributed by atoms with van der Waals surface area (Å²) in [5, 5.41) is 2.77. The largest absolute Gasteiger partial charge is 0.467 e. The molecule has 0 spiro atoms. The van der Waals surface area contributed by atoms with Crippen LogP contribution in [0.15, 0.2) is 48.5 Å². The highest BCUT2D eigenvalue weighted by atomic mass is 16.5. The molecule has 0 saturated carbocycles. The van der Waals surface area contributed by atoms with Gasteiger partial charge in [0.25, 0.3) is 5.91 Å². The Balaban J connectivity index is 2.17. The van der Waals surface area contributed by atoms with Gasteiger partial charge in [-0.1, -0.05) is 47.5 Å². The van der Waals surface area contributed by atoms with Crippen LogP contribution in [0.4, 0.5) is 0 Å². The summed E-state index contributed by atoms with van der Waals surface area (Å²) in [6, 6.07) is 14.4. The first kappa shape index (κ1) is 16.7. The van der Waals surface area contributed by atoms with Gasteiger partial charge in [0, 0.05) is 12.0 Å². The third kappa shape index (κ3) is 4.68. The van der Waals surface area contributed by atoms with Gasteiger partial charge in [0.2, 0.25) is 0 Å². The van der Waals surface area contributed by atoms with Crippen LogP contribution in [-0.2, 0) is 16.0 Å². The lowest BCUT2D eigenvalue weighted by atomic mass is 10.0. The Morgan fingerprint density at radius 2 is 1.65 bits per heavy atom. The van der Waals surface area contributed by atoms with E-state index in [0.29, 0.717) is 12.0 Å². The van der Waals surface area contributed by atoms with Crippen molar-refractivity contribution in [2.24, 2.45) is 0 Å². The van der Waals surface area contributed by atoms with Crippen molar-refractivity contribution in [2.45, 2.75) is 26.3 Å². The Labute approximate surface area is 136 Å². The van der Waals surface area contributed by atoms with Crippen LogP contribution in [0.1, 0.15) is 27.0 Å². The second kappa shape index (κ2) is 7.58. The fourth-order valence-electron chi connectivity index (χ4n) is 2.53. The van der Waals surface area contributed by atoms with Crippen molar-refractivity contribution in [1.29, 1.82) is 0 Å². The van der Waals surface area contributed by atoms with Crippen molar-refractivity contribution < 1.29 is 14.3 Å². The van der Waals surface area contributed by atoms with Crippen molar-refractivity contribution in [3.8, 4) is 0 Å². The minimum absolute atomic E-state index is 0.275. The molecule has 2 aromatic rings. The average molecular weight is 311 g/mol. The van der Waals surface area contributed by atoms with Crippen LogP contribution in [0.25, 0.3) is 0 Å². The lowest BCUT2D eigenvalue weighted by Gasteiger charge is -2.17. The predicted octanol–water partition coefficient (Wildman–Crippen LogP) is 2.82. The molecule has 0 radical (unpaired) electrons. The fraction of sp³-hybridized carbons (Fsp3) is 0.263. The van der Waals surface area contributed by atoms with Crippen LogP contribution in [0.3, 0.4) is 0 Å². The first-order chi connectivity index (χ1) is 11.0. The van der Waals surface area contributed by atoms with Crippen LogP contribution < -0.4 is 5.32 Å². The second-order valence-corrected chi connectivity index (χ2v) is 5.62. The molecule has 4 heteroatoms. The maximum absolute atomic E-state index is 12.5. The third-order valence-electron chi connectivity index (χ3n) is 3.56. The van der Waals surface area contributed by atoms with Gasteiger partial charge in [-0.15, -0.1) is 0 Å². The van der Waals surface area contributed by atoms with Gasteiger partial charge in [-0.25, -0.2) is 4.79 Å². The van der Waals surface area contributed by atoms with Crippen LogP contribution >= 0.6 is 0 Å². The highest BCUT2D eigenvalue weighted by Crippen LogP contribution is 2.10. The maximum atomic E-state index is 12.5. The number of benzene rings is 2. The molecule has 0 saturated heterocycles. The van der Waals surface area contributed by atoms with Gasteiger partial charge in [-0.3, -0.25) is 4.79 Å². The van der Waals surface area contributed by atoms with Gasteiger partial charge in [-0.05, 0) is 31.5 Å². The molecule has 0 aliphatic carbocycles. The zero-order chi connectivity index (χ0) is 16.8. The Hall–Kier alpha value is -2.62. The monoisotopic (exact) mass is 311 g/mol. The number of nitrogens with one attached hydrogen (secondary N) is 1. The molecule has 23 heavy (non-hydrogen) atoms. The van der Waals surface area contributed by atoms with Crippen LogP contribution in [0.5, 0.6) is 0 Å². The van der Waals surface area contributed by atoms with Crippen LogP contribution in [0.2, 0.25) is 0 Å². The van der Waals surface area contributed by atoms with Crippen molar-refractivity contribution in [1.82, 2.24) is 5.32 Å². The van der Waals surface area contributed by atoms with Crippen molar-refractivity contribution in [3.05, 3.63) is 70.8 Å². The van der Waals surface area contributed by atoms with E-state index in [1.165, 1.54) is 7.11 Å². The molecule has 4 nitrogen and oxygen atoms in total. The minimum atomic E-state index is -0.712. The zero-order valence-corrected chi connectivity index (χ0v) is 13.6. The summed E-state index contributed by atoms with van der Waals surface area (Å²) in [6.45, 7) is 3.87. The summed E-state index contributed by atoms with van der Waals surface area (Å²) in [4.78, 5) is 24.4. The lowest BCUT2D eigenvalue weighted by Crippen LogP contribution is -2.43. The standard InChI is InChI=1S/C19H21NO3/c1-13-9-14(2)11-16(10-13)18(21)20-17(19(22)23-3)12-15-7-5-4-6-8-15/h4-11,17H,12H2,1-3H3,(H,20,21)/t17-/m0/s1. The Kier molecular flexibility index (Phi) is 5.52. The number of carbonyl (C=O) groups is 2. The Bertz CT molecular complexity index is 675. The molecular formula is C19H21NO3. The summed E-state index contributed by atoms with van der Waals surface area (Å²) in [6.07, 6.45) is 0.393. The highest BCUT2D eigenvalue weighted by Gasteiger charge is 2.22. The number of hydrogen-bond donors (Lipinski definition) is 1. The molecule has 2 rings (SSSR count). The van der Waals surface area contributed by atoms with Gasteiger partial charge < -0.3 is 10.1 Å². The fourth-order valence-corrected chi connectivity index (χ4v) is 2.53. The summed E-state index contributed by atoms with van der Waals surface area (Å²) >= 11 is 0. The number of hydrogen-bond acceptors (Lipinski definition) is 3. The molecule has 0 aliphatic heterocycles. The van der Waals surface area contributed by atoms with E-state index in [9.17, 15) is 9.59 Å². The lowest BCUT2D eigenvalue weighted by molar-refractivity contribution is -0.142. The number of amides is 1. The average Bonchev–Trinajstić information content (AvgIpc) is 2.53. The van der Waals surface area contributed by atoms with Crippen LogP contribution in [0, 0.1) is 13.8 Å². The molecule has 0 heterocycles. The summed E-state index contributed by atoms with van der Waals surface area (Å²) in [5.74, 6) is -0.727. The van der Waals surface area contributed by atoms with Crippen molar-refractivity contribution in [3.63, 3.8) is 0 Å². The molecule has 120 valence electrons. The SMILES string of the molecule is COC(=O)[C@H](Cc1ccccc1)NC(=O)c1cc(C)cc(C)c1. The quantitative estimate of drug-likeness (QED) is 0.864. The van der Waals surface area contributed by atoms with E-state index in [-0.39, 0.29) is 5.91 Å². The summed E-state index contributed by atoms with van der Waals surface area (Å²) in [7, 11) is 1.32. The number of aryl methyl sites for hydroxylation is 2. The smallest absolute Gasteiger partial charge is 0.328 e. The predicted molar refractivity (Wildman–Crippen MR) is 89.3 cm³/mol. The van der Waals surface area contributed by atoms with Crippen LogP contribution in [-0.4, -0.2) is 25.0 Å². The topological polar surface area (TPSA) is 55.4 Å². The first-order valence-corrected chi connectivity index (χ1v) is 7.50. The molecular weight excluding hydrogens is 290 g/mol.